The van der Waals surface area contributed by atoms with Gasteiger partial charge in [0.2, 0.25) is 0 Å². The first-order chi connectivity index (χ1) is 9.63. The van der Waals surface area contributed by atoms with Crippen LogP contribution in [0, 0.1) is 0 Å². The van der Waals surface area contributed by atoms with E-state index in [4.69, 9.17) is 9.47 Å². The molecule has 0 bridgehead atoms. The summed E-state index contributed by atoms with van der Waals surface area (Å²) < 4.78 is 10.3. The van der Waals surface area contributed by atoms with Gasteiger partial charge in [-0.2, -0.15) is 0 Å². The molecule has 106 valence electrons. The van der Waals surface area contributed by atoms with E-state index in [0.29, 0.717) is 17.9 Å². The molecule has 1 aromatic heterocycles. The Kier molecular flexibility index (Phi) is 4.24. The van der Waals surface area contributed by atoms with Gasteiger partial charge in [-0.15, -0.1) is 0 Å². The number of aromatic hydroxyl groups is 1. The summed E-state index contributed by atoms with van der Waals surface area (Å²) in [6, 6.07) is 2.69. The number of allylic oxidation sites excluding steroid dienone is 1. The van der Waals surface area contributed by atoms with E-state index in [1.807, 2.05) is 0 Å². The van der Waals surface area contributed by atoms with Crippen molar-refractivity contribution in [1.82, 2.24) is 10.3 Å². The highest BCUT2D eigenvalue weighted by molar-refractivity contribution is 5.95. The average Bonchev–Trinajstić information content (AvgIpc) is 2.47. The molecule has 0 radical (unpaired) electrons. The lowest BCUT2D eigenvalue weighted by atomic mass is 10.1. The Morgan fingerprint density at radius 1 is 1.45 bits per heavy atom. The molecule has 0 saturated heterocycles. The van der Waals surface area contributed by atoms with Crippen molar-refractivity contribution >= 4 is 5.91 Å². The fraction of sp³-hybridized carbons (Fsp3) is 0.286. The Hall–Kier alpha value is -2.50. The van der Waals surface area contributed by atoms with Crippen LogP contribution in [-0.2, 0) is 9.47 Å². The number of amides is 1. The summed E-state index contributed by atoms with van der Waals surface area (Å²) in [5.41, 5.74) is -0.00612. The summed E-state index contributed by atoms with van der Waals surface area (Å²) in [5, 5.41) is 12.4. The maximum atomic E-state index is 12.1. The molecule has 2 N–H and O–H groups in total. The monoisotopic (exact) mass is 276 g/mol. The zero-order valence-electron chi connectivity index (χ0n) is 11.3. The molecule has 2 rings (SSSR count). The van der Waals surface area contributed by atoms with Gasteiger partial charge < -0.3 is 19.9 Å². The predicted octanol–water partition coefficient (Wildman–Crippen LogP) is 1.35. The first-order valence-electron chi connectivity index (χ1n) is 6.09. The molecule has 1 aliphatic carbocycles. The average molecular weight is 276 g/mol. The molecular weight excluding hydrogens is 260 g/mol. The number of aromatic nitrogens is 1. The molecule has 0 spiro atoms. The molecule has 6 nitrogen and oxygen atoms in total. The summed E-state index contributed by atoms with van der Waals surface area (Å²) >= 11 is 0. The summed E-state index contributed by atoms with van der Waals surface area (Å²) in [4.78, 5) is 15.9. The number of nitrogens with one attached hydrogen (secondary N) is 1. The first kappa shape index (κ1) is 13.9. The van der Waals surface area contributed by atoms with Gasteiger partial charge in [0.1, 0.15) is 17.3 Å². The fourth-order valence-electron chi connectivity index (χ4n) is 1.91. The normalized spacial score (nSPS) is 17.8. The van der Waals surface area contributed by atoms with E-state index in [1.54, 1.807) is 32.4 Å². The molecule has 0 aliphatic heterocycles. The molecule has 0 fully saturated rings. The van der Waals surface area contributed by atoms with E-state index in [-0.39, 0.29) is 17.5 Å². The number of pyridine rings is 1. The van der Waals surface area contributed by atoms with Gasteiger partial charge in [0.15, 0.2) is 5.69 Å². The molecule has 0 saturated carbocycles. The Morgan fingerprint density at radius 3 is 2.90 bits per heavy atom. The van der Waals surface area contributed by atoms with Gasteiger partial charge >= 0.3 is 0 Å². The number of hydrogen-bond donors (Lipinski definition) is 2. The van der Waals surface area contributed by atoms with Crippen LogP contribution >= 0.6 is 0 Å². The molecule has 1 aliphatic rings. The number of methoxy groups -OCH3 is 2. The lowest BCUT2D eigenvalue weighted by Crippen LogP contribution is -2.35. The van der Waals surface area contributed by atoms with Gasteiger partial charge in [-0.3, -0.25) is 4.79 Å². The van der Waals surface area contributed by atoms with Crippen LogP contribution in [0.4, 0.5) is 0 Å². The van der Waals surface area contributed by atoms with E-state index in [1.165, 1.54) is 12.3 Å². The third-order valence-electron chi connectivity index (χ3n) is 2.91. The summed E-state index contributed by atoms with van der Waals surface area (Å²) in [7, 11) is 3.11. The number of ether oxygens (including phenoxy) is 2. The molecule has 6 heteroatoms. The van der Waals surface area contributed by atoms with E-state index >= 15 is 0 Å². The molecule has 20 heavy (non-hydrogen) atoms. The zero-order chi connectivity index (χ0) is 14.5. The zero-order valence-corrected chi connectivity index (χ0v) is 11.3. The number of rotatable bonds is 4. The van der Waals surface area contributed by atoms with Crippen LogP contribution in [0.15, 0.2) is 42.0 Å². The van der Waals surface area contributed by atoms with Crippen LogP contribution < -0.4 is 5.32 Å². The largest absolute Gasteiger partial charge is 0.505 e. The second-order valence-corrected chi connectivity index (χ2v) is 4.24. The third kappa shape index (κ3) is 3.09. The van der Waals surface area contributed by atoms with Crippen LogP contribution in [-0.4, -0.2) is 36.3 Å². The van der Waals surface area contributed by atoms with Crippen molar-refractivity contribution in [3.05, 3.63) is 47.7 Å². The Balaban J connectivity index is 2.11. The smallest absolute Gasteiger partial charge is 0.274 e. The molecule has 1 aromatic rings. The van der Waals surface area contributed by atoms with Gasteiger partial charge in [-0.1, -0.05) is 0 Å². The van der Waals surface area contributed by atoms with Gasteiger partial charge in [0, 0.05) is 18.7 Å². The summed E-state index contributed by atoms with van der Waals surface area (Å²) in [5.74, 6) is 0.722. The van der Waals surface area contributed by atoms with Crippen LogP contribution in [0.1, 0.15) is 16.9 Å². The number of carbonyl (C=O) groups excluding carboxylic acids is 1. The summed E-state index contributed by atoms with van der Waals surface area (Å²) in [6.07, 6.45) is 5.51. The van der Waals surface area contributed by atoms with Crippen LogP contribution in [0.5, 0.6) is 5.75 Å². The standard InChI is InChI=1S/C14H16N2O4/c1-19-10-6-9(7-11(8-10)20-2)16-14(18)13-12(17)4-3-5-15-13/h3-6,8-9,17H,7H2,1-2H3,(H,16,18). The van der Waals surface area contributed by atoms with Crippen molar-refractivity contribution < 1.29 is 19.4 Å². The topological polar surface area (TPSA) is 80.7 Å². The van der Waals surface area contributed by atoms with E-state index in [0.717, 1.165) is 0 Å². The van der Waals surface area contributed by atoms with E-state index in [2.05, 4.69) is 10.3 Å². The minimum Gasteiger partial charge on any atom is -0.505 e. The van der Waals surface area contributed by atoms with Crippen molar-refractivity contribution in [1.29, 1.82) is 0 Å². The second-order valence-electron chi connectivity index (χ2n) is 4.24. The third-order valence-corrected chi connectivity index (χ3v) is 2.91. The molecule has 1 unspecified atom stereocenters. The van der Waals surface area contributed by atoms with Crippen molar-refractivity contribution in [2.45, 2.75) is 12.5 Å². The molecule has 1 atom stereocenters. The van der Waals surface area contributed by atoms with Crippen LogP contribution in [0.25, 0.3) is 0 Å². The molecule has 1 amide bonds. The Labute approximate surface area is 116 Å². The van der Waals surface area contributed by atoms with Gasteiger partial charge in [-0.25, -0.2) is 4.98 Å². The highest BCUT2D eigenvalue weighted by atomic mass is 16.5. The van der Waals surface area contributed by atoms with Crippen molar-refractivity contribution in [3.63, 3.8) is 0 Å². The predicted molar refractivity (Wildman–Crippen MR) is 72.0 cm³/mol. The molecule has 0 aromatic carbocycles. The van der Waals surface area contributed by atoms with Crippen molar-refractivity contribution in [2.24, 2.45) is 0 Å². The van der Waals surface area contributed by atoms with E-state index < -0.39 is 5.91 Å². The van der Waals surface area contributed by atoms with E-state index in [9.17, 15) is 9.90 Å². The van der Waals surface area contributed by atoms with Gasteiger partial charge in [0.25, 0.3) is 5.91 Å². The minimum absolute atomic E-state index is 0.00612. The van der Waals surface area contributed by atoms with Crippen LogP contribution in [0.2, 0.25) is 0 Å². The lowest BCUT2D eigenvalue weighted by Gasteiger charge is -2.21. The number of hydrogen-bond acceptors (Lipinski definition) is 5. The highest BCUT2D eigenvalue weighted by Crippen LogP contribution is 2.20. The summed E-state index contributed by atoms with van der Waals surface area (Å²) in [6.45, 7) is 0. The molecular formula is C14H16N2O4. The maximum absolute atomic E-state index is 12.1. The van der Waals surface area contributed by atoms with Crippen molar-refractivity contribution in [3.8, 4) is 5.75 Å². The Bertz CT molecular complexity index is 566. The second kappa shape index (κ2) is 6.10. The highest BCUT2D eigenvalue weighted by Gasteiger charge is 2.21. The van der Waals surface area contributed by atoms with Gasteiger partial charge in [0.05, 0.1) is 20.3 Å². The lowest BCUT2D eigenvalue weighted by molar-refractivity contribution is 0.0932. The number of nitrogens with zero attached hydrogens (tertiary/aromatic N) is 1. The van der Waals surface area contributed by atoms with Gasteiger partial charge in [-0.05, 0) is 18.2 Å². The molecule has 1 heterocycles. The first-order valence-corrected chi connectivity index (χ1v) is 6.09. The quantitative estimate of drug-likeness (QED) is 0.867. The SMILES string of the molecule is COC1=CC(NC(=O)c2ncccc2O)CC(OC)=C1. The number of carbonyl (C=O) groups is 1. The maximum Gasteiger partial charge on any atom is 0.274 e. The van der Waals surface area contributed by atoms with Crippen LogP contribution in [0.3, 0.4) is 0 Å². The van der Waals surface area contributed by atoms with Crippen molar-refractivity contribution in [2.75, 3.05) is 14.2 Å². The fourth-order valence-corrected chi connectivity index (χ4v) is 1.91. The Morgan fingerprint density at radius 2 is 2.25 bits per heavy atom. The minimum atomic E-state index is -0.447.